The molecular weight excluding hydrogens is 326 g/mol. The van der Waals surface area contributed by atoms with Gasteiger partial charge in [-0.2, -0.15) is 0 Å². The molecule has 1 amide bonds. The molecule has 1 atom stereocenters. The second-order valence-corrected chi connectivity index (χ2v) is 7.00. The van der Waals surface area contributed by atoms with E-state index in [1.165, 1.54) is 24.3 Å². The average Bonchev–Trinajstić information content (AvgIpc) is 2.53. The summed E-state index contributed by atoms with van der Waals surface area (Å²) in [6.07, 6.45) is 1.08. The summed E-state index contributed by atoms with van der Waals surface area (Å²) in [6, 6.07) is 13.7. The number of halogens is 1. The highest BCUT2D eigenvalue weighted by Crippen LogP contribution is 2.30. The molecule has 2 rings (SSSR count). The Morgan fingerprint density at radius 3 is 2.00 bits per heavy atom. The Bertz CT molecular complexity index is 775. The van der Waals surface area contributed by atoms with Crippen LogP contribution in [0, 0.1) is 0 Å². The van der Waals surface area contributed by atoms with Gasteiger partial charge in [0.25, 0.3) is 5.91 Å². The maximum Gasteiger partial charge on any atom is 0.275 e. The van der Waals surface area contributed by atoms with Crippen molar-refractivity contribution in [3.63, 3.8) is 0 Å². The van der Waals surface area contributed by atoms with Crippen molar-refractivity contribution in [2.45, 2.75) is 10.5 Å². The summed E-state index contributed by atoms with van der Waals surface area (Å²) in [7, 11) is -3.36. The molecule has 2 N–H and O–H groups in total. The number of hydrogen-bond donors (Lipinski definition) is 2. The summed E-state index contributed by atoms with van der Waals surface area (Å²) >= 11 is 5.38. The molecule has 5 nitrogen and oxygen atoms in total. The van der Waals surface area contributed by atoms with Crippen LogP contribution in [0.3, 0.4) is 0 Å². The fourth-order valence-corrected chi connectivity index (χ4v) is 2.89. The van der Waals surface area contributed by atoms with Gasteiger partial charge < -0.3 is 5.11 Å². The number of nitrogens with one attached hydrogen (secondary N) is 1. The van der Waals surface area contributed by atoms with E-state index >= 15 is 0 Å². The third-order valence-corrected chi connectivity index (χ3v) is 4.61. The molecule has 1 unspecified atom stereocenters. The molecule has 0 bridgehead atoms. The van der Waals surface area contributed by atoms with Crippen LogP contribution < -0.4 is 4.84 Å². The van der Waals surface area contributed by atoms with Gasteiger partial charge in [-0.3, -0.25) is 9.63 Å². The molecule has 22 heavy (non-hydrogen) atoms. The van der Waals surface area contributed by atoms with E-state index in [1.807, 2.05) is 4.84 Å². The van der Waals surface area contributed by atoms with Crippen LogP contribution in [0.4, 0.5) is 0 Å². The minimum atomic E-state index is -3.36. The number of hydrogen-bond acceptors (Lipinski definition) is 4. The SMILES string of the molecule is CS(=O)(=O)c1ccc(C(O)(C(=O)NCl)c2ccccc2)cc1. The third kappa shape index (κ3) is 2.99. The Morgan fingerprint density at radius 1 is 1.05 bits per heavy atom. The number of benzene rings is 2. The summed E-state index contributed by atoms with van der Waals surface area (Å²) in [5.74, 6) is -0.826. The van der Waals surface area contributed by atoms with Gasteiger partial charge in [0, 0.05) is 18.0 Å². The molecule has 0 radical (unpaired) electrons. The van der Waals surface area contributed by atoms with Gasteiger partial charge in [-0.25, -0.2) is 8.42 Å². The van der Waals surface area contributed by atoms with Gasteiger partial charge in [0.05, 0.1) is 4.90 Å². The third-order valence-electron chi connectivity index (χ3n) is 3.31. The first-order chi connectivity index (χ1) is 10.3. The van der Waals surface area contributed by atoms with Crippen LogP contribution in [0.5, 0.6) is 0 Å². The molecule has 0 aliphatic heterocycles. The molecule has 2 aromatic carbocycles. The van der Waals surface area contributed by atoms with Gasteiger partial charge in [-0.15, -0.1) is 0 Å². The quantitative estimate of drug-likeness (QED) is 0.829. The Balaban J connectivity index is 2.59. The molecule has 0 saturated heterocycles. The number of carbonyl (C=O) groups excluding carboxylic acids is 1. The smallest absolute Gasteiger partial charge is 0.275 e. The second-order valence-electron chi connectivity index (χ2n) is 4.80. The Morgan fingerprint density at radius 2 is 1.55 bits per heavy atom. The van der Waals surface area contributed by atoms with Crippen molar-refractivity contribution in [2.75, 3.05) is 6.26 Å². The molecular formula is C15H14ClNO4S. The highest BCUT2D eigenvalue weighted by Gasteiger charge is 2.39. The van der Waals surface area contributed by atoms with Gasteiger partial charge in [-0.05, 0) is 23.3 Å². The van der Waals surface area contributed by atoms with Crippen LogP contribution in [0.1, 0.15) is 11.1 Å². The summed E-state index contributed by atoms with van der Waals surface area (Å²) in [6.45, 7) is 0. The number of rotatable bonds is 4. The predicted molar refractivity (Wildman–Crippen MR) is 83.0 cm³/mol. The van der Waals surface area contributed by atoms with E-state index < -0.39 is 21.3 Å². The lowest BCUT2D eigenvalue weighted by atomic mass is 9.86. The molecule has 0 spiro atoms. The van der Waals surface area contributed by atoms with Crippen molar-refractivity contribution in [3.8, 4) is 0 Å². The maximum absolute atomic E-state index is 12.1. The van der Waals surface area contributed by atoms with Crippen molar-refractivity contribution in [1.82, 2.24) is 4.84 Å². The fraction of sp³-hybridized carbons (Fsp3) is 0.133. The molecule has 0 aliphatic carbocycles. The molecule has 116 valence electrons. The van der Waals surface area contributed by atoms with Gasteiger partial charge in [-0.1, -0.05) is 42.5 Å². The van der Waals surface area contributed by atoms with Crippen molar-refractivity contribution in [2.24, 2.45) is 0 Å². The summed E-state index contributed by atoms with van der Waals surface area (Å²) < 4.78 is 23.0. The first-order valence-corrected chi connectivity index (χ1v) is 8.56. The lowest BCUT2D eigenvalue weighted by Crippen LogP contribution is -2.42. The van der Waals surface area contributed by atoms with Crippen molar-refractivity contribution in [1.29, 1.82) is 0 Å². The van der Waals surface area contributed by atoms with Gasteiger partial charge in [0.1, 0.15) is 0 Å². The van der Waals surface area contributed by atoms with Crippen LogP contribution in [0.2, 0.25) is 0 Å². The molecule has 0 aliphatic rings. The van der Waals surface area contributed by atoms with Crippen LogP contribution in [-0.2, 0) is 20.2 Å². The average molecular weight is 340 g/mol. The molecule has 0 fully saturated rings. The standard InChI is InChI=1S/C15H14ClNO4S/c1-22(20,21)13-9-7-12(8-10-13)15(19,14(18)17-16)11-5-3-2-4-6-11/h2-10,19H,1H3,(H,17,18). The molecule has 0 saturated carbocycles. The molecule has 2 aromatic rings. The minimum Gasteiger partial charge on any atom is -0.372 e. The Hall–Kier alpha value is -1.89. The van der Waals surface area contributed by atoms with Crippen LogP contribution in [0.25, 0.3) is 0 Å². The number of sulfone groups is 1. The normalized spacial score (nSPS) is 14.1. The topological polar surface area (TPSA) is 83.5 Å². The van der Waals surface area contributed by atoms with Crippen LogP contribution in [0.15, 0.2) is 59.5 Å². The number of aliphatic hydroxyl groups is 1. The van der Waals surface area contributed by atoms with Crippen molar-refractivity contribution in [3.05, 3.63) is 65.7 Å². The zero-order valence-electron chi connectivity index (χ0n) is 11.7. The zero-order chi connectivity index (χ0) is 16.4. The van der Waals surface area contributed by atoms with E-state index in [1.54, 1.807) is 30.3 Å². The maximum atomic E-state index is 12.1. The summed E-state index contributed by atoms with van der Waals surface area (Å²) in [5.41, 5.74) is -1.48. The number of amides is 1. The van der Waals surface area contributed by atoms with Gasteiger partial charge >= 0.3 is 0 Å². The van der Waals surface area contributed by atoms with Gasteiger partial charge in [0.2, 0.25) is 0 Å². The van der Waals surface area contributed by atoms with E-state index in [0.29, 0.717) is 5.56 Å². The fourth-order valence-electron chi connectivity index (χ4n) is 2.12. The van der Waals surface area contributed by atoms with Crippen LogP contribution >= 0.6 is 11.8 Å². The minimum absolute atomic E-state index is 0.0953. The van der Waals surface area contributed by atoms with Crippen molar-refractivity contribution >= 4 is 27.5 Å². The lowest BCUT2D eigenvalue weighted by molar-refractivity contribution is -0.134. The number of carbonyl (C=O) groups is 1. The zero-order valence-corrected chi connectivity index (χ0v) is 13.2. The Labute approximate surface area is 133 Å². The summed E-state index contributed by atoms with van der Waals surface area (Å²) in [5, 5.41) is 10.9. The first kappa shape index (κ1) is 16.5. The highest BCUT2D eigenvalue weighted by atomic mass is 35.5. The van der Waals surface area contributed by atoms with Crippen LogP contribution in [-0.4, -0.2) is 25.7 Å². The van der Waals surface area contributed by atoms with Crippen molar-refractivity contribution < 1.29 is 18.3 Å². The first-order valence-electron chi connectivity index (χ1n) is 6.29. The monoisotopic (exact) mass is 339 g/mol. The summed E-state index contributed by atoms with van der Waals surface area (Å²) in [4.78, 5) is 14.1. The predicted octanol–water partition coefficient (Wildman–Crippen LogP) is 1.60. The molecule has 0 aromatic heterocycles. The van der Waals surface area contributed by atoms with E-state index in [2.05, 4.69) is 0 Å². The molecule has 0 heterocycles. The van der Waals surface area contributed by atoms with E-state index in [-0.39, 0.29) is 10.5 Å². The molecule has 7 heteroatoms. The largest absolute Gasteiger partial charge is 0.372 e. The highest BCUT2D eigenvalue weighted by molar-refractivity contribution is 7.90. The lowest BCUT2D eigenvalue weighted by Gasteiger charge is -2.26. The second kappa shape index (κ2) is 6.08. The van der Waals surface area contributed by atoms with Gasteiger partial charge in [0.15, 0.2) is 15.4 Å². The van der Waals surface area contributed by atoms with E-state index in [9.17, 15) is 18.3 Å². The van der Waals surface area contributed by atoms with E-state index in [0.717, 1.165) is 6.26 Å². The Kier molecular flexibility index (Phi) is 4.55. The van der Waals surface area contributed by atoms with E-state index in [4.69, 9.17) is 11.8 Å².